The van der Waals surface area contributed by atoms with E-state index in [2.05, 4.69) is 29.9 Å². The molecule has 3 saturated heterocycles. The highest BCUT2D eigenvalue weighted by Crippen LogP contribution is 2.38. The Kier molecular flexibility index (Phi) is 20.5. The summed E-state index contributed by atoms with van der Waals surface area (Å²) < 4.78 is 131. The molecule has 0 saturated carbocycles. The second-order valence-corrected chi connectivity index (χ2v) is 26.6. The van der Waals surface area contributed by atoms with Gasteiger partial charge in [0.2, 0.25) is 10.0 Å². The summed E-state index contributed by atoms with van der Waals surface area (Å²) in [5.74, 6) is -2.27. The van der Waals surface area contributed by atoms with Gasteiger partial charge in [-0.05, 0) is 74.9 Å². The van der Waals surface area contributed by atoms with E-state index in [1.54, 1.807) is 77.5 Å². The highest BCUT2D eigenvalue weighted by molar-refractivity contribution is 7.93. The number of Topliss-reactive ketones (excluding diaryl/α,β-unsaturated/α-hetero) is 3. The lowest BCUT2D eigenvalue weighted by Crippen LogP contribution is -2.32. The molecular formula is C67H69F6N9O8S2. The van der Waals surface area contributed by atoms with Crippen LogP contribution in [0.5, 0.6) is 0 Å². The number of aliphatic imine (C=N–C) groups is 3. The van der Waals surface area contributed by atoms with Crippen molar-refractivity contribution in [1.82, 2.24) is 0 Å². The SMILES string of the molecule is CS(=O)(=O)Nc1cc(C2=NCC(=O)c3ccccc32)ccc1N1CCCCCC1.O=C1CN=C(c2ccc(N3CCCCCC3)c(NC(=O)C(F)(F)F)c2)c2ccccc21.O=C1CN=C(c2ccc(N3CCCCCC3)c(NS(=O)(=O)C(F)(F)F)c2)c2ccccc21. The number of sulfonamides is 2. The van der Waals surface area contributed by atoms with Gasteiger partial charge < -0.3 is 20.0 Å². The Morgan fingerprint density at radius 3 is 1.01 bits per heavy atom. The predicted octanol–water partition coefficient (Wildman–Crippen LogP) is 12.4. The number of nitrogens with zero attached hydrogens (tertiary/aromatic N) is 6. The average molecular weight is 1310 g/mol. The van der Waals surface area contributed by atoms with Gasteiger partial charge in [0.1, 0.15) is 19.6 Å². The van der Waals surface area contributed by atoms with Crippen molar-refractivity contribution in [1.29, 1.82) is 0 Å². The van der Waals surface area contributed by atoms with Crippen molar-refractivity contribution in [3.05, 3.63) is 177 Å². The minimum Gasteiger partial charge on any atom is -0.370 e. The zero-order chi connectivity index (χ0) is 65.4. The number of amides is 1. The molecule has 17 nitrogen and oxygen atoms in total. The molecule has 484 valence electrons. The molecule has 0 unspecified atom stereocenters. The van der Waals surface area contributed by atoms with E-state index in [9.17, 15) is 62.4 Å². The van der Waals surface area contributed by atoms with Crippen LogP contribution in [0.1, 0.15) is 142 Å². The fraction of sp³-hybridized carbons (Fsp3) is 0.358. The molecule has 6 aromatic carbocycles. The molecule has 6 aliphatic rings. The van der Waals surface area contributed by atoms with E-state index in [0.717, 1.165) is 106 Å². The molecule has 0 radical (unpaired) electrons. The summed E-state index contributed by atoms with van der Waals surface area (Å²) in [5.41, 5.74) is 4.03. The Hall–Kier alpha value is -8.71. The lowest BCUT2D eigenvalue weighted by molar-refractivity contribution is -0.167. The quantitative estimate of drug-likeness (QED) is 0.104. The summed E-state index contributed by atoms with van der Waals surface area (Å²) >= 11 is 0. The molecule has 12 rings (SSSR count). The molecule has 0 aliphatic carbocycles. The Morgan fingerprint density at radius 1 is 0.413 bits per heavy atom. The number of benzene rings is 6. The number of fused-ring (bicyclic) bond motifs is 3. The average Bonchev–Trinajstić information content (AvgIpc) is 0.842. The first-order valence-electron chi connectivity index (χ1n) is 30.6. The molecule has 3 N–H and O–H groups in total. The molecule has 6 aliphatic heterocycles. The second kappa shape index (κ2) is 28.4. The molecule has 0 aromatic heterocycles. The van der Waals surface area contributed by atoms with Gasteiger partial charge in [-0.15, -0.1) is 0 Å². The monoisotopic (exact) mass is 1310 g/mol. The first-order chi connectivity index (χ1) is 43.9. The fourth-order valence-corrected chi connectivity index (χ4v) is 13.3. The highest BCUT2D eigenvalue weighted by Gasteiger charge is 2.47. The van der Waals surface area contributed by atoms with Crippen LogP contribution in [0, 0.1) is 0 Å². The van der Waals surface area contributed by atoms with Crippen LogP contribution in [-0.2, 0) is 24.8 Å². The Balaban J connectivity index is 0.000000151. The van der Waals surface area contributed by atoms with Crippen LogP contribution in [0.2, 0.25) is 0 Å². The lowest BCUT2D eigenvalue weighted by Gasteiger charge is -2.27. The second-order valence-electron chi connectivity index (χ2n) is 23.2. The number of alkyl halides is 6. The standard InChI is InChI=1S/C23H22F3N3O2.C22H22F3N3O3S.C22H25N3O3S/c24-23(25,26)22(31)28-18-13-15(9-10-19(18)29-11-5-1-2-6-12-29)21-17-8-4-3-7-16(17)20(30)14-27-21;23-22(24,25)32(30,31)27-18-13-15(9-10-19(18)28-11-5-1-2-6-12-28)21-17-8-4-3-7-16(17)20(29)14-26-21;1-29(27,28)24-19-14-16(10-11-20(19)25-12-6-2-3-7-13-25)22-18-9-5-4-8-17(18)21(26)15-23-22/h3-4,7-10,13H,1-2,5-6,11-12,14H2,(H,28,31);3-4,7-10,13,27H,1-2,5-6,11-12,14H2;4-5,8-11,14,24H,2-3,6-7,12-13,15H2,1H3. The van der Waals surface area contributed by atoms with E-state index >= 15 is 0 Å². The number of ketones is 3. The summed E-state index contributed by atoms with van der Waals surface area (Å²) in [4.78, 5) is 67.7. The van der Waals surface area contributed by atoms with Crippen molar-refractivity contribution in [3.8, 4) is 0 Å². The van der Waals surface area contributed by atoms with Gasteiger partial charge in [-0.25, -0.2) is 8.42 Å². The molecule has 1 amide bonds. The predicted molar refractivity (Wildman–Crippen MR) is 347 cm³/mol. The Morgan fingerprint density at radius 2 is 0.707 bits per heavy atom. The van der Waals surface area contributed by atoms with E-state index in [0.29, 0.717) is 93.6 Å². The summed E-state index contributed by atoms with van der Waals surface area (Å²) in [6.45, 7) is 4.51. The maximum absolute atomic E-state index is 13.1. The number of nitrogens with one attached hydrogen (secondary N) is 3. The third-order valence-electron chi connectivity index (χ3n) is 16.6. The zero-order valence-corrected chi connectivity index (χ0v) is 52.1. The van der Waals surface area contributed by atoms with Gasteiger partial charge in [0, 0.05) is 89.3 Å². The van der Waals surface area contributed by atoms with Crippen LogP contribution >= 0.6 is 0 Å². The van der Waals surface area contributed by atoms with E-state index in [4.69, 9.17) is 0 Å². The van der Waals surface area contributed by atoms with Gasteiger partial charge in [0.25, 0.3) is 0 Å². The maximum atomic E-state index is 13.1. The minimum absolute atomic E-state index is 0.0000197. The number of carbonyl (C=O) groups is 4. The molecule has 6 aromatic rings. The third kappa shape index (κ3) is 15.8. The fourth-order valence-electron chi connectivity index (χ4n) is 12.2. The smallest absolute Gasteiger partial charge is 0.370 e. The number of hydrogen-bond donors (Lipinski definition) is 3. The molecule has 0 bridgehead atoms. The van der Waals surface area contributed by atoms with Gasteiger partial charge in [0.05, 0.1) is 57.5 Å². The highest BCUT2D eigenvalue weighted by atomic mass is 32.2. The van der Waals surface area contributed by atoms with Crippen LogP contribution in [0.4, 0.5) is 60.5 Å². The minimum atomic E-state index is -5.61. The normalized spacial score (nSPS) is 17.2. The van der Waals surface area contributed by atoms with Gasteiger partial charge in [-0.2, -0.15) is 34.8 Å². The molecule has 0 atom stereocenters. The summed E-state index contributed by atoms with van der Waals surface area (Å²) in [7, 11) is -9.04. The van der Waals surface area contributed by atoms with E-state index in [1.807, 2.05) is 52.3 Å². The van der Waals surface area contributed by atoms with Gasteiger partial charge in [-0.3, -0.25) is 43.6 Å². The molecular weight excluding hydrogens is 1240 g/mol. The Labute approximate surface area is 530 Å². The summed E-state index contributed by atoms with van der Waals surface area (Å²) in [5, 5.41) is 2.05. The van der Waals surface area contributed by atoms with Crippen molar-refractivity contribution in [3.63, 3.8) is 0 Å². The van der Waals surface area contributed by atoms with E-state index in [-0.39, 0.29) is 48.4 Å². The molecule has 92 heavy (non-hydrogen) atoms. The van der Waals surface area contributed by atoms with Crippen LogP contribution in [-0.4, -0.2) is 134 Å². The summed E-state index contributed by atoms with van der Waals surface area (Å²) in [6.07, 6.45) is 8.56. The van der Waals surface area contributed by atoms with Crippen molar-refractivity contribution < 1.29 is 62.4 Å². The number of anilines is 6. The largest absolute Gasteiger partial charge is 0.516 e. The Bertz CT molecular complexity index is 4110. The zero-order valence-electron chi connectivity index (χ0n) is 50.5. The van der Waals surface area contributed by atoms with E-state index in [1.165, 1.54) is 25.0 Å². The molecule has 25 heteroatoms. The van der Waals surface area contributed by atoms with E-state index < -0.39 is 37.6 Å². The van der Waals surface area contributed by atoms with Crippen molar-refractivity contribution in [2.45, 2.75) is 88.7 Å². The van der Waals surface area contributed by atoms with Gasteiger partial charge in [-0.1, -0.05) is 130 Å². The van der Waals surface area contributed by atoms with Crippen molar-refractivity contribution in [2.24, 2.45) is 15.0 Å². The third-order valence-corrected chi connectivity index (χ3v) is 18.3. The van der Waals surface area contributed by atoms with Crippen LogP contribution in [0.3, 0.4) is 0 Å². The summed E-state index contributed by atoms with van der Waals surface area (Å²) in [6, 6.07) is 36.8. The number of hydrogen-bond acceptors (Lipinski definition) is 14. The first kappa shape index (κ1) is 66.2. The van der Waals surface area contributed by atoms with Crippen LogP contribution in [0.25, 0.3) is 0 Å². The number of halogens is 6. The van der Waals surface area contributed by atoms with Crippen LogP contribution in [0.15, 0.2) is 142 Å². The van der Waals surface area contributed by atoms with Crippen molar-refractivity contribution >= 4 is 94.6 Å². The number of rotatable bonds is 11. The lowest BCUT2D eigenvalue weighted by atomic mass is 9.92. The topological polar surface area (TPSA) is 219 Å². The molecule has 6 heterocycles. The maximum Gasteiger partial charge on any atom is 0.516 e. The van der Waals surface area contributed by atoms with Gasteiger partial charge in [0.15, 0.2) is 17.3 Å². The molecule has 0 spiro atoms. The first-order valence-corrected chi connectivity index (χ1v) is 34.0. The molecule has 3 fully saturated rings. The van der Waals surface area contributed by atoms with Crippen LogP contribution < -0.4 is 29.5 Å². The number of carbonyl (C=O) groups excluding carboxylic acids is 4. The van der Waals surface area contributed by atoms with Crippen molar-refractivity contribution in [2.75, 3.05) is 94.6 Å². The van der Waals surface area contributed by atoms with Gasteiger partial charge >= 0.3 is 27.6 Å².